The Morgan fingerprint density at radius 2 is 1.58 bits per heavy atom. The molecule has 0 saturated heterocycles. The number of para-hydroxylation sites is 1. The SMILES string of the molecule is CC(C)(O)Cn1c(-c2ccccc2)c(S(=O)(=O)O)c2ccccc21. The third kappa shape index (κ3) is 3.08. The van der Waals surface area contributed by atoms with E-state index >= 15 is 0 Å². The Bertz CT molecular complexity index is 983. The molecule has 0 saturated carbocycles. The van der Waals surface area contributed by atoms with Crippen LogP contribution in [0.4, 0.5) is 0 Å². The summed E-state index contributed by atoms with van der Waals surface area (Å²) in [5.41, 5.74) is 0.625. The predicted molar refractivity (Wildman–Crippen MR) is 93.5 cm³/mol. The molecule has 0 fully saturated rings. The monoisotopic (exact) mass is 345 g/mol. The molecular formula is C18H19NO4S. The van der Waals surface area contributed by atoms with Gasteiger partial charge >= 0.3 is 0 Å². The van der Waals surface area contributed by atoms with Crippen molar-refractivity contribution < 1.29 is 18.1 Å². The van der Waals surface area contributed by atoms with Gasteiger partial charge in [-0.1, -0.05) is 48.5 Å². The summed E-state index contributed by atoms with van der Waals surface area (Å²) in [6.07, 6.45) is 0. The fourth-order valence-corrected chi connectivity index (χ4v) is 3.89. The molecule has 0 aliphatic rings. The Labute approximate surface area is 140 Å². The van der Waals surface area contributed by atoms with Crippen molar-refractivity contribution in [1.82, 2.24) is 4.57 Å². The van der Waals surface area contributed by atoms with Gasteiger partial charge in [0.15, 0.2) is 0 Å². The van der Waals surface area contributed by atoms with Crippen molar-refractivity contribution in [1.29, 1.82) is 0 Å². The second kappa shape index (κ2) is 5.73. The van der Waals surface area contributed by atoms with E-state index < -0.39 is 15.7 Å². The molecule has 3 aromatic rings. The summed E-state index contributed by atoms with van der Waals surface area (Å²) in [7, 11) is -4.45. The van der Waals surface area contributed by atoms with E-state index in [1.807, 2.05) is 6.07 Å². The Hall–Kier alpha value is -2.15. The topological polar surface area (TPSA) is 79.5 Å². The quantitative estimate of drug-likeness (QED) is 0.711. The van der Waals surface area contributed by atoms with Crippen LogP contribution in [0.3, 0.4) is 0 Å². The zero-order valence-corrected chi connectivity index (χ0v) is 14.3. The number of aromatic nitrogens is 1. The summed E-state index contributed by atoms with van der Waals surface area (Å²) in [6, 6.07) is 16.0. The first-order valence-electron chi connectivity index (χ1n) is 7.55. The average molecular weight is 345 g/mol. The van der Waals surface area contributed by atoms with Crippen LogP contribution >= 0.6 is 0 Å². The summed E-state index contributed by atoms with van der Waals surface area (Å²) < 4.78 is 35.8. The Morgan fingerprint density at radius 1 is 1.00 bits per heavy atom. The van der Waals surface area contributed by atoms with E-state index in [4.69, 9.17) is 0 Å². The number of hydrogen-bond acceptors (Lipinski definition) is 3. The summed E-state index contributed by atoms with van der Waals surface area (Å²) >= 11 is 0. The molecule has 2 aromatic carbocycles. The first-order chi connectivity index (χ1) is 11.2. The summed E-state index contributed by atoms with van der Waals surface area (Å²) in [5.74, 6) is 0. The van der Waals surface area contributed by atoms with Crippen molar-refractivity contribution in [2.45, 2.75) is 30.9 Å². The van der Waals surface area contributed by atoms with E-state index in [2.05, 4.69) is 0 Å². The summed E-state index contributed by atoms with van der Waals surface area (Å²) in [4.78, 5) is -0.131. The molecule has 0 aliphatic carbocycles. The second-order valence-corrected chi connectivity index (χ2v) is 7.79. The van der Waals surface area contributed by atoms with Gasteiger partial charge in [0.1, 0.15) is 4.90 Å². The lowest BCUT2D eigenvalue weighted by atomic mass is 10.1. The molecule has 2 N–H and O–H groups in total. The van der Waals surface area contributed by atoms with Crippen LogP contribution in [0.5, 0.6) is 0 Å². The van der Waals surface area contributed by atoms with Gasteiger partial charge < -0.3 is 9.67 Å². The van der Waals surface area contributed by atoms with Crippen LogP contribution in [0.25, 0.3) is 22.2 Å². The minimum Gasteiger partial charge on any atom is -0.389 e. The maximum absolute atomic E-state index is 12.1. The molecule has 6 heteroatoms. The van der Waals surface area contributed by atoms with Crippen LogP contribution in [0, 0.1) is 0 Å². The highest BCUT2D eigenvalue weighted by molar-refractivity contribution is 7.86. The normalized spacial score (nSPS) is 12.7. The Kier molecular flexibility index (Phi) is 3.99. The van der Waals surface area contributed by atoms with Crippen LogP contribution < -0.4 is 0 Å². The molecule has 0 spiro atoms. The molecule has 24 heavy (non-hydrogen) atoms. The third-order valence-corrected chi connectivity index (χ3v) is 4.70. The number of rotatable bonds is 4. The van der Waals surface area contributed by atoms with Gasteiger partial charge in [-0.05, 0) is 25.5 Å². The zero-order chi connectivity index (χ0) is 17.5. The molecule has 0 unspecified atom stereocenters. The van der Waals surface area contributed by atoms with E-state index in [1.54, 1.807) is 66.9 Å². The van der Waals surface area contributed by atoms with Gasteiger partial charge in [-0.15, -0.1) is 0 Å². The van der Waals surface area contributed by atoms with Crippen molar-refractivity contribution in [3.8, 4) is 11.3 Å². The predicted octanol–water partition coefficient (Wildman–Crippen LogP) is 3.33. The fraction of sp³-hybridized carbons (Fsp3) is 0.222. The van der Waals surface area contributed by atoms with Gasteiger partial charge in [-0.2, -0.15) is 8.42 Å². The summed E-state index contributed by atoms with van der Waals surface area (Å²) in [5, 5.41) is 10.7. The minimum atomic E-state index is -4.45. The van der Waals surface area contributed by atoms with Crippen LogP contribution in [0.15, 0.2) is 59.5 Å². The maximum Gasteiger partial charge on any atom is 0.297 e. The molecule has 1 aromatic heterocycles. The molecule has 3 rings (SSSR count). The van der Waals surface area contributed by atoms with Crippen LogP contribution in [0.1, 0.15) is 13.8 Å². The highest BCUT2D eigenvalue weighted by Gasteiger charge is 2.28. The maximum atomic E-state index is 12.1. The molecule has 0 atom stereocenters. The lowest BCUT2D eigenvalue weighted by Crippen LogP contribution is -2.26. The zero-order valence-electron chi connectivity index (χ0n) is 13.5. The third-order valence-electron chi connectivity index (χ3n) is 3.77. The highest BCUT2D eigenvalue weighted by Crippen LogP contribution is 2.37. The number of hydrogen-bond donors (Lipinski definition) is 2. The molecule has 126 valence electrons. The van der Waals surface area contributed by atoms with E-state index in [0.29, 0.717) is 22.2 Å². The lowest BCUT2D eigenvalue weighted by Gasteiger charge is -2.21. The molecular weight excluding hydrogens is 326 g/mol. The van der Waals surface area contributed by atoms with Crippen molar-refractivity contribution >= 4 is 21.0 Å². The number of aliphatic hydroxyl groups is 1. The van der Waals surface area contributed by atoms with Gasteiger partial charge in [0.2, 0.25) is 0 Å². The van der Waals surface area contributed by atoms with Crippen molar-refractivity contribution in [2.24, 2.45) is 0 Å². The van der Waals surface area contributed by atoms with Crippen molar-refractivity contribution in [3.05, 3.63) is 54.6 Å². The van der Waals surface area contributed by atoms with Gasteiger partial charge in [0, 0.05) is 5.39 Å². The van der Waals surface area contributed by atoms with E-state index in [9.17, 15) is 18.1 Å². The molecule has 0 radical (unpaired) electrons. The first-order valence-corrected chi connectivity index (χ1v) is 8.99. The average Bonchev–Trinajstić information content (AvgIpc) is 2.81. The molecule has 0 amide bonds. The standard InChI is InChI=1S/C18H19NO4S/c1-18(2,20)12-19-15-11-7-6-10-14(15)17(24(21,22)23)16(19)13-8-4-3-5-9-13/h3-11,20H,12H2,1-2H3,(H,21,22,23). The summed E-state index contributed by atoms with van der Waals surface area (Å²) in [6.45, 7) is 3.50. The fourth-order valence-electron chi connectivity index (χ4n) is 2.97. The van der Waals surface area contributed by atoms with Gasteiger partial charge in [0.25, 0.3) is 10.1 Å². The van der Waals surface area contributed by atoms with Crippen molar-refractivity contribution in [2.75, 3.05) is 0 Å². The highest BCUT2D eigenvalue weighted by atomic mass is 32.2. The molecule has 1 heterocycles. The van der Waals surface area contributed by atoms with Gasteiger partial charge in [-0.3, -0.25) is 4.55 Å². The van der Waals surface area contributed by atoms with Crippen LogP contribution in [-0.4, -0.2) is 28.2 Å². The number of nitrogens with zero attached hydrogens (tertiary/aromatic N) is 1. The van der Waals surface area contributed by atoms with E-state index in [0.717, 1.165) is 0 Å². The van der Waals surface area contributed by atoms with Crippen LogP contribution in [0.2, 0.25) is 0 Å². The smallest absolute Gasteiger partial charge is 0.297 e. The Balaban J connectivity index is 2.48. The Morgan fingerprint density at radius 3 is 2.17 bits per heavy atom. The first kappa shape index (κ1) is 16.7. The lowest BCUT2D eigenvalue weighted by molar-refractivity contribution is 0.0631. The molecule has 5 nitrogen and oxygen atoms in total. The number of fused-ring (bicyclic) bond motifs is 1. The molecule has 0 aliphatic heterocycles. The second-order valence-electron chi connectivity index (χ2n) is 6.43. The van der Waals surface area contributed by atoms with Crippen molar-refractivity contribution in [3.63, 3.8) is 0 Å². The van der Waals surface area contributed by atoms with E-state index in [1.165, 1.54) is 0 Å². The molecule has 0 bridgehead atoms. The minimum absolute atomic E-state index is 0.131. The van der Waals surface area contributed by atoms with Gasteiger partial charge in [-0.25, -0.2) is 0 Å². The van der Waals surface area contributed by atoms with Crippen LogP contribution in [-0.2, 0) is 16.7 Å². The van der Waals surface area contributed by atoms with Gasteiger partial charge in [0.05, 0.1) is 23.4 Å². The van der Waals surface area contributed by atoms with E-state index in [-0.39, 0.29) is 11.4 Å². The number of benzene rings is 2. The largest absolute Gasteiger partial charge is 0.389 e.